The lowest BCUT2D eigenvalue weighted by molar-refractivity contribution is -0.136. The van der Waals surface area contributed by atoms with Crippen molar-refractivity contribution >= 4 is 46.3 Å². The normalized spacial score (nSPS) is 17.1. The van der Waals surface area contributed by atoms with Crippen molar-refractivity contribution < 1.29 is 38.2 Å². The van der Waals surface area contributed by atoms with Crippen LogP contribution in [-0.2, 0) is 14.4 Å². The van der Waals surface area contributed by atoms with Crippen LogP contribution in [0.3, 0.4) is 0 Å². The number of methoxy groups -OCH3 is 2. The number of imide groups is 2. The fourth-order valence-corrected chi connectivity index (χ4v) is 7.32. The number of hydrogen-bond acceptors (Lipinski definition) is 10. The molecule has 0 spiro atoms. The average molecular weight is 729 g/mol. The number of fused-ring (bicyclic) bond motifs is 2. The highest BCUT2D eigenvalue weighted by Gasteiger charge is 2.46. The third kappa shape index (κ3) is 6.14. The van der Waals surface area contributed by atoms with E-state index in [9.17, 15) is 24.0 Å². The number of carbonyl (C=O) groups excluding carboxylic acids is 5. The van der Waals surface area contributed by atoms with Crippen LogP contribution < -0.4 is 24.4 Å². The van der Waals surface area contributed by atoms with Crippen molar-refractivity contribution in [1.82, 2.24) is 25.1 Å². The van der Waals surface area contributed by atoms with Crippen molar-refractivity contribution in [2.75, 3.05) is 51.9 Å². The molecule has 0 bridgehead atoms. The average Bonchev–Trinajstić information content (AvgIpc) is 3.74. The van der Waals surface area contributed by atoms with Crippen LogP contribution in [0.1, 0.15) is 33.6 Å². The van der Waals surface area contributed by atoms with Crippen LogP contribution in [0.2, 0.25) is 0 Å². The molecule has 3 aromatic carbocycles. The molecule has 1 atom stereocenters. The van der Waals surface area contributed by atoms with Gasteiger partial charge in [0.25, 0.3) is 17.7 Å². The minimum absolute atomic E-state index is 0.00964. The van der Waals surface area contributed by atoms with Gasteiger partial charge < -0.3 is 29.0 Å². The highest BCUT2D eigenvalue weighted by molar-refractivity contribution is 6.24. The first-order chi connectivity index (χ1) is 26.2. The summed E-state index contributed by atoms with van der Waals surface area (Å²) in [5.41, 5.74) is 5.90. The first-order valence-corrected chi connectivity index (χ1v) is 17.5. The Bertz CT molecular complexity index is 2330. The van der Waals surface area contributed by atoms with Crippen molar-refractivity contribution in [3.05, 3.63) is 90.3 Å². The number of piperazine rings is 1. The third-order valence-electron chi connectivity index (χ3n) is 10.2. The lowest BCUT2D eigenvalue weighted by atomic mass is 10.0. The van der Waals surface area contributed by atoms with Gasteiger partial charge in [-0.25, -0.2) is 4.98 Å². The maximum Gasteiger partial charge on any atom is 0.266 e. The summed E-state index contributed by atoms with van der Waals surface area (Å²) >= 11 is 0. The number of nitrogens with zero attached hydrogens (tertiary/aromatic N) is 4. The van der Waals surface area contributed by atoms with Gasteiger partial charge in [-0.3, -0.25) is 34.2 Å². The number of carbonyl (C=O) groups is 5. The zero-order valence-electron chi connectivity index (χ0n) is 29.6. The van der Waals surface area contributed by atoms with Crippen LogP contribution >= 0.6 is 0 Å². The summed E-state index contributed by atoms with van der Waals surface area (Å²) in [7, 11) is 3.23. The number of aromatic amines is 1. The van der Waals surface area contributed by atoms with E-state index in [0.717, 1.165) is 43.9 Å². The number of H-pyrrole nitrogens is 1. The van der Waals surface area contributed by atoms with E-state index in [4.69, 9.17) is 14.2 Å². The number of anilines is 1. The van der Waals surface area contributed by atoms with E-state index in [-0.39, 0.29) is 42.2 Å². The van der Waals surface area contributed by atoms with Crippen molar-refractivity contribution in [3.63, 3.8) is 0 Å². The van der Waals surface area contributed by atoms with E-state index >= 15 is 0 Å². The summed E-state index contributed by atoms with van der Waals surface area (Å²) in [5, 5.41) is 3.17. The van der Waals surface area contributed by atoms with Crippen LogP contribution in [0, 0.1) is 0 Å². The molecule has 2 fully saturated rings. The number of piperidine rings is 1. The van der Waals surface area contributed by atoms with Crippen molar-refractivity contribution in [1.29, 1.82) is 0 Å². The van der Waals surface area contributed by atoms with E-state index in [2.05, 4.69) is 50.5 Å². The Balaban J connectivity index is 0.889. The van der Waals surface area contributed by atoms with E-state index in [0.29, 0.717) is 37.7 Å². The van der Waals surface area contributed by atoms with Crippen LogP contribution in [0.4, 0.5) is 5.69 Å². The minimum atomic E-state index is -1.09. The summed E-state index contributed by atoms with van der Waals surface area (Å²) in [6.45, 7) is 1.87. The number of ether oxygens (including phenoxy) is 3. The Morgan fingerprint density at radius 1 is 0.815 bits per heavy atom. The minimum Gasteiger partial charge on any atom is -0.493 e. The number of pyridine rings is 1. The number of nitrogens with one attached hydrogen (secondary N) is 2. The summed E-state index contributed by atoms with van der Waals surface area (Å²) < 4.78 is 16.7. The lowest BCUT2D eigenvalue weighted by Crippen LogP contribution is -2.54. The molecule has 5 aromatic rings. The number of amides is 5. The van der Waals surface area contributed by atoms with Crippen molar-refractivity contribution in [2.45, 2.75) is 18.9 Å². The molecule has 2 N–H and O–H groups in total. The van der Waals surface area contributed by atoms with Crippen molar-refractivity contribution in [2.24, 2.45) is 0 Å². The Morgan fingerprint density at radius 2 is 1.57 bits per heavy atom. The maximum atomic E-state index is 13.4. The van der Waals surface area contributed by atoms with Crippen molar-refractivity contribution in [3.8, 4) is 39.5 Å². The molecular formula is C40H36N6O8. The molecule has 0 radical (unpaired) electrons. The third-order valence-corrected chi connectivity index (χ3v) is 10.2. The predicted molar refractivity (Wildman–Crippen MR) is 197 cm³/mol. The zero-order chi connectivity index (χ0) is 37.5. The Morgan fingerprint density at radius 3 is 2.31 bits per heavy atom. The first kappa shape index (κ1) is 34.4. The number of rotatable bonds is 9. The van der Waals surface area contributed by atoms with Gasteiger partial charge in [-0.2, -0.15) is 0 Å². The molecule has 1 unspecified atom stereocenters. The molecule has 3 aliphatic rings. The molecule has 8 rings (SSSR count). The Kier molecular flexibility index (Phi) is 8.93. The lowest BCUT2D eigenvalue weighted by Gasteiger charge is -2.36. The zero-order valence-corrected chi connectivity index (χ0v) is 29.6. The molecule has 14 nitrogen and oxygen atoms in total. The molecule has 5 heterocycles. The molecule has 5 amide bonds. The van der Waals surface area contributed by atoms with Crippen LogP contribution in [0.15, 0.2) is 79.1 Å². The molecule has 3 aliphatic heterocycles. The molecule has 14 heteroatoms. The van der Waals surface area contributed by atoms with Gasteiger partial charge in [-0.15, -0.1) is 0 Å². The van der Waals surface area contributed by atoms with E-state index in [1.165, 1.54) is 12.1 Å². The SMILES string of the molecule is COc1ccc(-c2c[nH]c3ncc(-c4ccc(N5CCN(C(=O)COc6cccc7c6C(=O)N(C6CCC(=O)NC6=O)C7=O)CC5)cc4)cc23)cc1OC. The number of hydrogen-bond donors (Lipinski definition) is 2. The monoisotopic (exact) mass is 728 g/mol. The second-order valence-electron chi connectivity index (χ2n) is 13.2. The molecule has 274 valence electrons. The van der Waals surface area contributed by atoms with Crippen LogP contribution in [0.5, 0.6) is 17.2 Å². The summed E-state index contributed by atoms with van der Waals surface area (Å²) in [5.74, 6) is -1.31. The van der Waals surface area contributed by atoms with Crippen LogP contribution in [-0.4, -0.2) is 102 Å². The second kappa shape index (κ2) is 14.0. The second-order valence-corrected chi connectivity index (χ2v) is 13.2. The summed E-state index contributed by atoms with van der Waals surface area (Å²) in [4.78, 5) is 76.5. The molecule has 0 aliphatic carbocycles. The Labute approximate surface area is 309 Å². The van der Waals surface area contributed by atoms with Gasteiger partial charge in [0, 0.05) is 67.2 Å². The molecule has 0 saturated carbocycles. The molecular weight excluding hydrogens is 692 g/mol. The van der Waals surface area contributed by atoms with Gasteiger partial charge >= 0.3 is 0 Å². The standard InChI is InChI=1S/C40H36N6O8/c1-52-31-12-8-24(19-33(31)53-2)29-21-42-37-28(29)18-25(20-41-37)23-6-9-26(10-7-23)44-14-16-45(17-15-44)35(48)22-54-32-5-3-4-27-36(32)40(51)46(39(27)50)30-11-13-34(47)43-38(30)49/h3-10,12,18-21,30H,11,13-17,22H2,1-2H3,(H,41,42)(H,43,47,49). The van der Waals surface area contributed by atoms with Gasteiger partial charge in [-0.1, -0.05) is 24.3 Å². The molecule has 2 saturated heterocycles. The fourth-order valence-electron chi connectivity index (χ4n) is 7.32. The van der Waals surface area contributed by atoms with Gasteiger partial charge in [0.2, 0.25) is 11.8 Å². The highest BCUT2D eigenvalue weighted by Crippen LogP contribution is 2.37. The summed E-state index contributed by atoms with van der Waals surface area (Å²) in [6.07, 6.45) is 3.86. The molecule has 54 heavy (non-hydrogen) atoms. The number of aromatic nitrogens is 2. The van der Waals surface area contributed by atoms with Crippen LogP contribution in [0.25, 0.3) is 33.3 Å². The quantitative estimate of drug-likeness (QED) is 0.212. The smallest absolute Gasteiger partial charge is 0.266 e. The van der Waals surface area contributed by atoms with E-state index < -0.39 is 29.7 Å². The van der Waals surface area contributed by atoms with E-state index in [1.54, 1.807) is 25.2 Å². The number of benzene rings is 3. The van der Waals surface area contributed by atoms with Gasteiger partial charge in [0.05, 0.1) is 25.3 Å². The predicted octanol–water partition coefficient (Wildman–Crippen LogP) is 4.04. The van der Waals surface area contributed by atoms with Gasteiger partial charge in [0.15, 0.2) is 18.1 Å². The summed E-state index contributed by atoms with van der Waals surface area (Å²) in [6, 6.07) is 19.7. The largest absolute Gasteiger partial charge is 0.493 e. The Hall–Kier alpha value is -6.70. The fraction of sp³-hybridized carbons (Fsp3) is 0.250. The topological polar surface area (TPSA) is 163 Å². The highest BCUT2D eigenvalue weighted by atomic mass is 16.5. The first-order valence-electron chi connectivity index (χ1n) is 17.5. The van der Waals surface area contributed by atoms with E-state index in [1.807, 2.05) is 30.6 Å². The maximum absolute atomic E-state index is 13.4. The van der Waals surface area contributed by atoms with Gasteiger partial charge in [-0.05, 0) is 60.0 Å². The molecule has 2 aromatic heterocycles. The van der Waals surface area contributed by atoms with Gasteiger partial charge in [0.1, 0.15) is 17.4 Å².